The number of rotatable bonds is 7. The number of ether oxygens (including phenoxy) is 1. The average molecular weight is 462 g/mol. The molecule has 0 aliphatic carbocycles. The van der Waals surface area contributed by atoms with Crippen molar-refractivity contribution in [2.24, 2.45) is 4.99 Å². The fourth-order valence-electron chi connectivity index (χ4n) is 3.49. The lowest BCUT2D eigenvalue weighted by Crippen LogP contribution is -2.39. The Balaban J connectivity index is 2.01. The fourth-order valence-corrected chi connectivity index (χ4v) is 4.66. The Morgan fingerprint density at radius 2 is 2.06 bits per heavy atom. The molecule has 0 bridgehead atoms. The molecular weight excluding hydrogens is 434 g/mol. The van der Waals surface area contributed by atoms with E-state index in [9.17, 15) is 9.59 Å². The van der Waals surface area contributed by atoms with Gasteiger partial charge in [-0.05, 0) is 57.2 Å². The molecule has 8 heteroatoms. The van der Waals surface area contributed by atoms with E-state index in [1.807, 2.05) is 63.1 Å². The minimum Gasteiger partial charge on any atom is -0.459 e. The van der Waals surface area contributed by atoms with Crippen LogP contribution in [0, 0.1) is 0 Å². The first kappa shape index (κ1) is 23.4. The summed E-state index contributed by atoms with van der Waals surface area (Å²) in [6, 6.07) is 7.03. The van der Waals surface area contributed by atoms with Crippen LogP contribution in [-0.4, -0.2) is 34.1 Å². The van der Waals surface area contributed by atoms with Crippen molar-refractivity contribution in [3.63, 3.8) is 0 Å². The van der Waals surface area contributed by atoms with Gasteiger partial charge >= 0.3 is 5.97 Å². The molecule has 1 aromatic rings. The third kappa shape index (κ3) is 5.33. The topological polar surface area (TPSA) is 71.0 Å². The van der Waals surface area contributed by atoms with Gasteiger partial charge in [-0.1, -0.05) is 42.4 Å². The molecule has 0 radical (unpaired) electrons. The van der Waals surface area contributed by atoms with E-state index >= 15 is 0 Å². The summed E-state index contributed by atoms with van der Waals surface area (Å²) in [6.45, 7) is 9.45. The number of benzene rings is 1. The Bertz CT molecular complexity index is 971. The molecule has 3 rings (SSSR count). The van der Waals surface area contributed by atoms with Crippen LogP contribution in [0.5, 0.6) is 0 Å². The molecule has 1 amide bonds. The zero-order valence-corrected chi connectivity index (χ0v) is 20.0. The molecule has 166 valence electrons. The van der Waals surface area contributed by atoms with Gasteiger partial charge in [-0.3, -0.25) is 4.79 Å². The van der Waals surface area contributed by atoms with Gasteiger partial charge in [-0.15, -0.1) is 0 Å². The molecule has 1 N–H and O–H groups in total. The van der Waals surface area contributed by atoms with Crippen LogP contribution in [0.4, 0.5) is 0 Å². The Hall–Kier alpha value is -2.25. The Labute approximate surface area is 192 Å². The molecule has 2 heterocycles. The highest BCUT2D eigenvalue weighted by atomic mass is 35.5. The maximum atomic E-state index is 13.1. The number of nitrogens with one attached hydrogen (secondary N) is 1. The Kier molecular flexibility index (Phi) is 7.49. The van der Waals surface area contributed by atoms with Gasteiger partial charge in [0.25, 0.3) is 0 Å². The SMILES string of the molecule is CC[C@H](C)NC(=O)CC1=CSC2=NC(C)=C(C(=O)OC(C)C)[C@@H](c3cccc(Cl)c3)N12. The standard InChI is InChI=1S/C23H28ClN3O3S/c1-6-14(4)25-19(28)11-18-12-31-23-26-15(5)20(22(29)30-13(2)3)21(27(18)23)16-8-7-9-17(24)10-16/h7-10,12-14,21H,6,11H2,1-5H3,(H,25,28)/t14-,21+/m0/s1. The number of aliphatic imine (C=N–C) groups is 1. The minimum absolute atomic E-state index is 0.0649. The highest BCUT2D eigenvalue weighted by Gasteiger charge is 2.41. The Morgan fingerprint density at radius 3 is 2.71 bits per heavy atom. The van der Waals surface area contributed by atoms with Crippen LogP contribution in [-0.2, 0) is 14.3 Å². The maximum absolute atomic E-state index is 13.1. The first-order valence-electron chi connectivity index (χ1n) is 10.4. The van der Waals surface area contributed by atoms with Crippen molar-refractivity contribution >= 4 is 40.4 Å². The summed E-state index contributed by atoms with van der Waals surface area (Å²) < 4.78 is 5.54. The number of nitrogens with zero attached hydrogens (tertiary/aromatic N) is 2. The maximum Gasteiger partial charge on any atom is 0.338 e. The van der Waals surface area contributed by atoms with Crippen LogP contribution in [0.2, 0.25) is 5.02 Å². The first-order valence-corrected chi connectivity index (χ1v) is 11.7. The second kappa shape index (κ2) is 9.92. The van der Waals surface area contributed by atoms with Crippen LogP contribution in [0.25, 0.3) is 0 Å². The van der Waals surface area contributed by atoms with Crippen molar-refractivity contribution in [2.45, 2.75) is 65.6 Å². The largest absolute Gasteiger partial charge is 0.459 e. The van der Waals surface area contributed by atoms with Gasteiger partial charge in [0.2, 0.25) is 5.91 Å². The molecule has 2 atom stereocenters. The number of thioether (sulfide) groups is 1. The van der Waals surface area contributed by atoms with Crippen molar-refractivity contribution in [3.05, 3.63) is 57.2 Å². The first-order chi connectivity index (χ1) is 14.7. The summed E-state index contributed by atoms with van der Waals surface area (Å²) >= 11 is 7.73. The molecule has 0 fully saturated rings. The smallest absolute Gasteiger partial charge is 0.338 e. The Morgan fingerprint density at radius 1 is 1.32 bits per heavy atom. The van der Waals surface area contributed by atoms with Gasteiger partial charge < -0.3 is 15.0 Å². The number of allylic oxidation sites excluding steroid dienone is 1. The summed E-state index contributed by atoms with van der Waals surface area (Å²) in [4.78, 5) is 32.3. The van der Waals surface area contributed by atoms with Gasteiger partial charge in [0.1, 0.15) is 0 Å². The number of hydrogen-bond donors (Lipinski definition) is 1. The molecule has 1 aromatic carbocycles. The van der Waals surface area contributed by atoms with E-state index in [-0.39, 0.29) is 24.5 Å². The summed E-state index contributed by atoms with van der Waals surface area (Å²) in [5.41, 5.74) is 2.69. The number of carbonyl (C=O) groups excluding carboxylic acids is 2. The van der Waals surface area contributed by atoms with Crippen LogP contribution in [0.3, 0.4) is 0 Å². The van der Waals surface area contributed by atoms with E-state index in [4.69, 9.17) is 16.3 Å². The third-order valence-corrected chi connectivity index (χ3v) is 6.21. The van der Waals surface area contributed by atoms with Crippen molar-refractivity contribution in [1.29, 1.82) is 0 Å². The molecule has 0 unspecified atom stereocenters. The second-order valence-corrected chi connectivity index (χ2v) is 9.23. The van der Waals surface area contributed by atoms with Gasteiger partial charge in [0.05, 0.1) is 29.8 Å². The number of fused-ring (bicyclic) bond motifs is 1. The third-order valence-electron chi connectivity index (χ3n) is 5.09. The van der Waals surface area contributed by atoms with Gasteiger partial charge in [-0.2, -0.15) is 0 Å². The molecule has 0 aromatic heterocycles. The molecule has 0 spiro atoms. The normalized spacial score (nSPS) is 19.1. The summed E-state index contributed by atoms with van der Waals surface area (Å²) in [5.74, 6) is -0.481. The van der Waals surface area contributed by atoms with E-state index in [2.05, 4.69) is 10.3 Å². The highest BCUT2D eigenvalue weighted by molar-refractivity contribution is 8.16. The van der Waals surface area contributed by atoms with Crippen LogP contribution >= 0.6 is 23.4 Å². The average Bonchev–Trinajstić information content (AvgIpc) is 3.07. The zero-order valence-electron chi connectivity index (χ0n) is 18.4. The molecular formula is C23H28ClN3O3S. The van der Waals surface area contributed by atoms with Gasteiger partial charge in [0, 0.05) is 16.8 Å². The molecule has 31 heavy (non-hydrogen) atoms. The van der Waals surface area contributed by atoms with Crippen molar-refractivity contribution in [2.75, 3.05) is 0 Å². The van der Waals surface area contributed by atoms with Crippen molar-refractivity contribution < 1.29 is 14.3 Å². The number of amidine groups is 1. The second-order valence-electron chi connectivity index (χ2n) is 7.96. The van der Waals surface area contributed by atoms with E-state index in [1.54, 1.807) is 6.07 Å². The van der Waals surface area contributed by atoms with Gasteiger partial charge in [0.15, 0.2) is 5.17 Å². The number of amides is 1. The number of esters is 1. The summed E-state index contributed by atoms with van der Waals surface area (Å²) in [7, 11) is 0. The molecule has 0 saturated carbocycles. The minimum atomic E-state index is -0.477. The van der Waals surface area contributed by atoms with Crippen molar-refractivity contribution in [3.8, 4) is 0 Å². The van der Waals surface area contributed by atoms with Crippen molar-refractivity contribution in [1.82, 2.24) is 10.2 Å². The van der Waals surface area contributed by atoms with Crippen LogP contribution in [0.15, 0.2) is 51.6 Å². The number of halogens is 1. The predicted octanol–water partition coefficient (Wildman–Crippen LogP) is 5.17. The van der Waals surface area contributed by atoms with E-state index in [0.717, 1.165) is 22.8 Å². The fraction of sp³-hybridized carbons (Fsp3) is 0.435. The quantitative estimate of drug-likeness (QED) is 0.567. The summed E-state index contributed by atoms with van der Waals surface area (Å²) in [5, 5.41) is 6.23. The number of carbonyl (C=O) groups is 2. The zero-order chi connectivity index (χ0) is 22.7. The molecule has 2 aliphatic heterocycles. The van der Waals surface area contributed by atoms with E-state index < -0.39 is 12.0 Å². The molecule has 2 aliphatic rings. The number of hydrogen-bond acceptors (Lipinski definition) is 6. The molecule has 0 saturated heterocycles. The summed E-state index contributed by atoms with van der Waals surface area (Å²) in [6.07, 6.45) is 0.787. The van der Waals surface area contributed by atoms with E-state index in [1.165, 1.54) is 11.8 Å². The van der Waals surface area contributed by atoms with Crippen LogP contribution in [0.1, 0.15) is 59.1 Å². The predicted molar refractivity (Wildman–Crippen MR) is 126 cm³/mol. The lowest BCUT2D eigenvalue weighted by Gasteiger charge is -2.36. The highest BCUT2D eigenvalue weighted by Crippen LogP contribution is 2.45. The van der Waals surface area contributed by atoms with E-state index in [0.29, 0.717) is 16.3 Å². The monoisotopic (exact) mass is 461 g/mol. The molecule has 6 nitrogen and oxygen atoms in total. The van der Waals surface area contributed by atoms with Gasteiger partial charge in [-0.25, -0.2) is 9.79 Å². The van der Waals surface area contributed by atoms with Crippen LogP contribution < -0.4 is 5.32 Å². The lowest BCUT2D eigenvalue weighted by molar-refractivity contribution is -0.143. The lowest BCUT2D eigenvalue weighted by atomic mass is 9.94.